The molecule has 2 atom stereocenters. The maximum Gasteiger partial charge on any atom is 0.251 e. The third kappa shape index (κ3) is 3.44. The predicted octanol–water partition coefficient (Wildman–Crippen LogP) is 5.62. The van der Waals surface area contributed by atoms with Crippen LogP contribution in [0.1, 0.15) is 67.8 Å². The Morgan fingerprint density at radius 3 is 2.59 bits per heavy atom. The number of carbonyl (C=O) groups is 1. The van der Waals surface area contributed by atoms with Crippen LogP contribution in [-0.2, 0) is 5.54 Å². The van der Waals surface area contributed by atoms with Crippen LogP contribution in [0, 0.1) is 12.7 Å². The van der Waals surface area contributed by atoms with Gasteiger partial charge in [0.25, 0.3) is 5.91 Å². The number of halogens is 1. The molecule has 3 aromatic rings. The lowest BCUT2D eigenvalue weighted by Crippen LogP contribution is -2.34. The van der Waals surface area contributed by atoms with Gasteiger partial charge in [-0.1, -0.05) is 26.0 Å². The summed E-state index contributed by atoms with van der Waals surface area (Å²) in [4.78, 5) is 23.9. The van der Waals surface area contributed by atoms with Crippen molar-refractivity contribution in [2.45, 2.75) is 57.5 Å². The van der Waals surface area contributed by atoms with E-state index in [1.165, 1.54) is 35.5 Å². The summed E-state index contributed by atoms with van der Waals surface area (Å²) < 4.78 is 13.2. The van der Waals surface area contributed by atoms with Crippen LogP contribution < -0.4 is 10.2 Å². The number of rotatable bonds is 4. The molecule has 1 aliphatic heterocycles. The zero-order chi connectivity index (χ0) is 22.5. The molecule has 6 rings (SSSR count). The molecule has 32 heavy (non-hydrogen) atoms. The maximum atomic E-state index is 13.2. The summed E-state index contributed by atoms with van der Waals surface area (Å²) in [6, 6.07) is 14.7. The second-order valence-electron chi connectivity index (χ2n) is 8.56. The molecular formula is C26H29FN4O. The van der Waals surface area contributed by atoms with Gasteiger partial charge in [-0.25, -0.2) is 14.4 Å². The molecule has 0 spiro atoms. The largest absolute Gasteiger partial charge is 0.343 e. The molecule has 1 unspecified atom stereocenters. The van der Waals surface area contributed by atoms with E-state index < -0.39 is 0 Å². The van der Waals surface area contributed by atoms with E-state index in [0.29, 0.717) is 17.5 Å². The number of nitrogens with zero attached hydrogens (tertiary/aromatic N) is 3. The van der Waals surface area contributed by atoms with Gasteiger partial charge in [-0.3, -0.25) is 4.79 Å². The zero-order valence-electron chi connectivity index (χ0n) is 18.6. The van der Waals surface area contributed by atoms with Gasteiger partial charge < -0.3 is 10.2 Å². The van der Waals surface area contributed by atoms with Crippen molar-refractivity contribution in [2.24, 2.45) is 0 Å². The fourth-order valence-electron chi connectivity index (χ4n) is 4.72. The van der Waals surface area contributed by atoms with Gasteiger partial charge in [0, 0.05) is 30.8 Å². The average molecular weight is 433 g/mol. The normalized spacial score (nSPS) is 21.1. The molecule has 1 N–H and O–H groups in total. The molecule has 166 valence electrons. The van der Waals surface area contributed by atoms with Crippen LogP contribution in [-0.4, -0.2) is 21.9 Å². The fraction of sp³-hybridized carbons (Fsp3) is 0.346. The topological polar surface area (TPSA) is 58.1 Å². The molecule has 2 aromatic carbocycles. The number of aryl methyl sites for hydroxylation is 1. The van der Waals surface area contributed by atoms with E-state index >= 15 is 0 Å². The van der Waals surface area contributed by atoms with Crippen LogP contribution in [0.3, 0.4) is 0 Å². The van der Waals surface area contributed by atoms with E-state index in [0.717, 1.165) is 36.5 Å². The SMILES string of the molecule is CC.Cc1nccc(N2c3ccc(C4(NC(=O)c5ccc(F)cc5)CC4)cc3[C@@H]3CC32)n1.[HH]. The Balaban J connectivity index is 0.000000842. The number of hydrogen-bond donors (Lipinski definition) is 1. The van der Waals surface area contributed by atoms with Crippen molar-refractivity contribution in [3.8, 4) is 0 Å². The number of benzene rings is 2. The van der Waals surface area contributed by atoms with Gasteiger partial charge >= 0.3 is 0 Å². The van der Waals surface area contributed by atoms with Crippen LogP contribution in [0.2, 0.25) is 0 Å². The molecule has 0 saturated heterocycles. The Kier molecular flexibility index (Phi) is 4.96. The van der Waals surface area contributed by atoms with Crippen LogP contribution in [0.5, 0.6) is 0 Å². The molecule has 2 aliphatic carbocycles. The number of hydrogen-bond acceptors (Lipinski definition) is 4. The van der Waals surface area contributed by atoms with Crippen molar-refractivity contribution >= 4 is 17.4 Å². The first kappa shape index (κ1) is 20.6. The van der Waals surface area contributed by atoms with Gasteiger partial charge in [0.2, 0.25) is 0 Å². The first-order chi connectivity index (χ1) is 15.5. The fourth-order valence-corrected chi connectivity index (χ4v) is 4.72. The highest BCUT2D eigenvalue weighted by Crippen LogP contribution is 2.59. The molecule has 0 radical (unpaired) electrons. The Morgan fingerprint density at radius 2 is 1.91 bits per heavy atom. The number of aromatic nitrogens is 2. The number of nitrogens with one attached hydrogen (secondary N) is 1. The van der Waals surface area contributed by atoms with E-state index in [1.807, 2.05) is 33.0 Å². The summed E-state index contributed by atoms with van der Waals surface area (Å²) in [6.45, 7) is 5.91. The number of anilines is 2. The summed E-state index contributed by atoms with van der Waals surface area (Å²) >= 11 is 0. The second-order valence-corrected chi connectivity index (χ2v) is 8.56. The summed E-state index contributed by atoms with van der Waals surface area (Å²) in [5, 5.41) is 3.19. The molecule has 2 fully saturated rings. The zero-order valence-corrected chi connectivity index (χ0v) is 18.6. The maximum absolute atomic E-state index is 13.2. The number of fused-ring (bicyclic) bond motifs is 3. The molecule has 0 bridgehead atoms. The lowest BCUT2D eigenvalue weighted by atomic mass is 9.98. The lowest BCUT2D eigenvalue weighted by Gasteiger charge is -2.23. The smallest absolute Gasteiger partial charge is 0.251 e. The third-order valence-electron chi connectivity index (χ3n) is 6.54. The van der Waals surface area contributed by atoms with Crippen LogP contribution in [0.4, 0.5) is 15.9 Å². The summed E-state index contributed by atoms with van der Waals surface area (Å²) in [5.74, 6) is 1.75. The van der Waals surface area contributed by atoms with E-state index in [2.05, 4.69) is 38.4 Å². The molecule has 2 heterocycles. The first-order valence-electron chi connectivity index (χ1n) is 11.4. The highest BCUT2D eigenvalue weighted by Gasteiger charge is 2.53. The molecular weight excluding hydrogens is 403 g/mol. The van der Waals surface area contributed by atoms with Crippen molar-refractivity contribution in [3.05, 3.63) is 83.1 Å². The predicted molar refractivity (Wildman–Crippen MR) is 125 cm³/mol. The monoisotopic (exact) mass is 432 g/mol. The minimum absolute atomic E-state index is 0. The van der Waals surface area contributed by atoms with E-state index in [4.69, 9.17) is 0 Å². The third-order valence-corrected chi connectivity index (χ3v) is 6.54. The number of carbonyl (C=O) groups excluding carboxylic acids is 1. The highest BCUT2D eigenvalue weighted by molar-refractivity contribution is 5.95. The van der Waals surface area contributed by atoms with Crippen molar-refractivity contribution in [1.29, 1.82) is 0 Å². The lowest BCUT2D eigenvalue weighted by molar-refractivity contribution is 0.0930. The van der Waals surface area contributed by atoms with Gasteiger partial charge in [-0.2, -0.15) is 0 Å². The van der Waals surface area contributed by atoms with Crippen molar-refractivity contribution in [1.82, 2.24) is 15.3 Å². The minimum atomic E-state index is -0.339. The van der Waals surface area contributed by atoms with Gasteiger partial charge in [0.15, 0.2) is 0 Å². The van der Waals surface area contributed by atoms with Crippen molar-refractivity contribution in [2.75, 3.05) is 4.90 Å². The van der Waals surface area contributed by atoms with Crippen LogP contribution in [0.25, 0.3) is 0 Å². The van der Waals surface area contributed by atoms with Crippen LogP contribution >= 0.6 is 0 Å². The van der Waals surface area contributed by atoms with Crippen LogP contribution in [0.15, 0.2) is 54.7 Å². The van der Waals surface area contributed by atoms with Crippen molar-refractivity contribution < 1.29 is 10.6 Å². The number of amides is 1. The Morgan fingerprint density at radius 1 is 1.16 bits per heavy atom. The van der Waals surface area contributed by atoms with Gasteiger partial charge in [-0.15, -0.1) is 0 Å². The highest BCUT2D eigenvalue weighted by atomic mass is 19.1. The van der Waals surface area contributed by atoms with Gasteiger partial charge in [0.1, 0.15) is 17.5 Å². The molecule has 1 aromatic heterocycles. The van der Waals surface area contributed by atoms with Crippen molar-refractivity contribution in [3.63, 3.8) is 0 Å². The Bertz CT molecular complexity index is 1180. The average Bonchev–Trinajstić information content (AvgIpc) is 3.73. The first-order valence-corrected chi connectivity index (χ1v) is 11.4. The second kappa shape index (κ2) is 7.69. The standard InChI is InChI=1S/C24H21FN4O.C2H6.H2/c1-14-26-11-8-22(27-14)29-20-7-4-16(12-18(20)19-13-21(19)29)24(9-10-24)28-23(30)15-2-5-17(25)6-3-15;1-2;/h2-8,11-12,19,21H,9-10,13H2,1H3,(H,28,30);1-2H3;1H/t19-,21?;;/m0../s1. The summed E-state index contributed by atoms with van der Waals surface area (Å²) in [7, 11) is 0. The minimum Gasteiger partial charge on any atom is -0.343 e. The Labute approximate surface area is 189 Å². The molecule has 1 amide bonds. The summed E-state index contributed by atoms with van der Waals surface area (Å²) in [6.07, 6.45) is 4.78. The Hall–Kier alpha value is -3.28. The molecule has 5 nitrogen and oxygen atoms in total. The molecule has 2 saturated carbocycles. The molecule has 3 aliphatic rings. The summed E-state index contributed by atoms with van der Waals surface area (Å²) in [5.41, 5.74) is 3.87. The van der Waals surface area contributed by atoms with E-state index in [1.54, 1.807) is 0 Å². The quantitative estimate of drug-likeness (QED) is 0.581. The van der Waals surface area contributed by atoms with Gasteiger partial charge in [-0.05, 0) is 73.7 Å². The van der Waals surface area contributed by atoms with E-state index in [-0.39, 0.29) is 18.7 Å². The van der Waals surface area contributed by atoms with Gasteiger partial charge in [0.05, 0.1) is 5.54 Å². The van der Waals surface area contributed by atoms with E-state index in [9.17, 15) is 9.18 Å². The molecule has 6 heteroatoms.